The molecule has 2 aromatic rings. The quantitative estimate of drug-likeness (QED) is 0.927. The van der Waals surface area contributed by atoms with Gasteiger partial charge in [-0.3, -0.25) is 9.78 Å². The molecule has 2 heterocycles. The molecule has 1 aliphatic carbocycles. The predicted octanol–water partition coefficient (Wildman–Crippen LogP) is 1.46. The van der Waals surface area contributed by atoms with E-state index in [9.17, 15) is 4.79 Å². The van der Waals surface area contributed by atoms with E-state index in [1.807, 2.05) is 11.8 Å². The van der Waals surface area contributed by atoms with E-state index in [0.29, 0.717) is 12.1 Å². The van der Waals surface area contributed by atoms with Crippen LogP contribution in [0.25, 0.3) is 5.52 Å². The highest BCUT2D eigenvalue weighted by Crippen LogP contribution is 2.24. The van der Waals surface area contributed by atoms with Crippen LogP contribution in [0.1, 0.15) is 43.0 Å². The zero-order chi connectivity index (χ0) is 14.8. The molecule has 3 rings (SSSR count). The normalized spacial score (nSPS) is 22.4. The summed E-state index contributed by atoms with van der Waals surface area (Å²) in [6.45, 7) is 2.73. The van der Waals surface area contributed by atoms with Crippen molar-refractivity contribution in [2.75, 3.05) is 6.54 Å². The highest BCUT2D eigenvalue weighted by molar-refractivity contribution is 6.00. The maximum absolute atomic E-state index is 12.8. The molecule has 0 aliphatic heterocycles. The summed E-state index contributed by atoms with van der Waals surface area (Å²) in [6, 6.07) is 0.574. The van der Waals surface area contributed by atoms with Gasteiger partial charge >= 0.3 is 0 Å². The lowest BCUT2D eigenvalue weighted by Crippen LogP contribution is -2.44. The van der Waals surface area contributed by atoms with Gasteiger partial charge in [0.25, 0.3) is 5.91 Å². The van der Waals surface area contributed by atoms with Crippen molar-refractivity contribution >= 4 is 11.4 Å². The molecule has 21 heavy (non-hydrogen) atoms. The molecule has 0 saturated heterocycles. The largest absolute Gasteiger partial charge is 0.336 e. The smallest absolute Gasteiger partial charge is 0.257 e. The van der Waals surface area contributed by atoms with E-state index >= 15 is 0 Å². The van der Waals surface area contributed by atoms with Crippen molar-refractivity contribution in [3.63, 3.8) is 0 Å². The molecule has 112 valence electrons. The Bertz CT molecular complexity index is 630. The fraction of sp³-hybridized carbons (Fsp3) is 0.533. The van der Waals surface area contributed by atoms with Crippen LogP contribution in [0.5, 0.6) is 0 Å². The Kier molecular flexibility index (Phi) is 3.88. The Morgan fingerprint density at radius 1 is 1.38 bits per heavy atom. The van der Waals surface area contributed by atoms with Crippen LogP contribution in [-0.4, -0.2) is 44.0 Å². The molecule has 2 N–H and O–H groups in total. The van der Waals surface area contributed by atoms with Gasteiger partial charge in [0.15, 0.2) is 0 Å². The van der Waals surface area contributed by atoms with Crippen LogP contribution >= 0.6 is 0 Å². The maximum Gasteiger partial charge on any atom is 0.257 e. The number of hydrogen-bond donors (Lipinski definition) is 1. The van der Waals surface area contributed by atoms with Gasteiger partial charge in [-0.2, -0.15) is 5.10 Å². The number of carbonyl (C=O) groups is 1. The van der Waals surface area contributed by atoms with Crippen molar-refractivity contribution in [1.29, 1.82) is 0 Å². The molecule has 1 amide bonds. The first-order chi connectivity index (χ1) is 10.2. The number of nitrogens with zero attached hydrogens (tertiary/aromatic N) is 4. The van der Waals surface area contributed by atoms with Gasteiger partial charge in [0.2, 0.25) is 0 Å². The lowest BCUT2D eigenvalue weighted by Gasteiger charge is -2.35. The second kappa shape index (κ2) is 5.81. The summed E-state index contributed by atoms with van der Waals surface area (Å²) in [5.74, 6) is 0.0426. The predicted molar refractivity (Wildman–Crippen MR) is 79.9 cm³/mol. The number of fused-ring (bicyclic) bond motifs is 1. The first kappa shape index (κ1) is 14.0. The van der Waals surface area contributed by atoms with Crippen molar-refractivity contribution in [3.05, 3.63) is 30.4 Å². The summed E-state index contributed by atoms with van der Waals surface area (Å²) < 4.78 is 1.69. The van der Waals surface area contributed by atoms with Crippen LogP contribution in [0.2, 0.25) is 0 Å². The second-order valence-electron chi connectivity index (χ2n) is 5.62. The first-order valence-electron chi connectivity index (χ1n) is 7.54. The van der Waals surface area contributed by atoms with E-state index in [-0.39, 0.29) is 18.0 Å². The number of aromatic nitrogens is 3. The van der Waals surface area contributed by atoms with Gasteiger partial charge in [-0.1, -0.05) is 0 Å². The van der Waals surface area contributed by atoms with Gasteiger partial charge in [0.1, 0.15) is 0 Å². The molecule has 1 aliphatic rings. The number of rotatable bonds is 3. The lowest BCUT2D eigenvalue weighted by molar-refractivity contribution is 0.0642. The fourth-order valence-electron chi connectivity index (χ4n) is 3.13. The third kappa shape index (κ3) is 2.63. The average molecular weight is 287 g/mol. The minimum atomic E-state index is 0.0426. The Labute approximate surface area is 123 Å². The van der Waals surface area contributed by atoms with Crippen LogP contribution < -0.4 is 5.73 Å². The topological polar surface area (TPSA) is 76.5 Å². The van der Waals surface area contributed by atoms with E-state index in [0.717, 1.165) is 31.2 Å². The summed E-state index contributed by atoms with van der Waals surface area (Å²) in [6.07, 6.45) is 10.7. The molecule has 2 aromatic heterocycles. The van der Waals surface area contributed by atoms with Crippen molar-refractivity contribution < 1.29 is 4.79 Å². The fourth-order valence-corrected chi connectivity index (χ4v) is 3.13. The van der Waals surface area contributed by atoms with Crippen LogP contribution in [0.4, 0.5) is 0 Å². The van der Waals surface area contributed by atoms with E-state index in [1.165, 1.54) is 0 Å². The van der Waals surface area contributed by atoms with Gasteiger partial charge < -0.3 is 10.6 Å². The van der Waals surface area contributed by atoms with E-state index in [1.54, 1.807) is 29.3 Å². The Morgan fingerprint density at radius 3 is 2.86 bits per heavy atom. The molecule has 6 heteroatoms. The minimum Gasteiger partial charge on any atom is -0.336 e. The molecule has 0 spiro atoms. The first-order valence-corrected chi connectivity index (χ1v) is 7.54. The zero-order valence-electron chi connectivity index (χ0n) is 12.3. The average Bonchev–Trinajstić information content (AvgIpc) is 2.94. The molecule has 6 nitrogen and oxygen atoms in total. The molecular weight excluding hydrogens is 266 g/mol. The van der Waals surface area contributed by atoms with Crippen molar-refractivity contribution in [1.82, 2.24) is 19.5 Å². The van der Waals surface area contributed by atoms with Crippen LogP contribution in [0.15, 0.2) is 24.8 Å². The third-order valence-corrected chi connectivity index (χ3v) is 4.34. The Balaban J connectivity index is 1.85. The summed E-state index contributed by atoms with van der Waals surface area (Å²) >= 11 is 0. The third-order valence-electron chi connectivity index (χ3n) is 4.34. The molecule has 1 fully saturated rings. The lowest BCUT2D eigenvalue weighted by atomic mass is 9.90. The van der Waals surface area contributed by atoms with Crippen LogP contribution in [0, 0.1) is 0 Å². The maximum atomic E-state index is 12.8. The Morgan fingerprint density at radius 2 is 2.14 bits per heavy atom. The highest BCUT2D eigenvalue weighted by Gasteiger charge is 2.28. The summed E-state index contributed by atoms with van der Waals surface area (Å²) in [5.41, 5.74) is 7.34. The Hall–Kier alpha value is -1.95. The molecular formula is C15H21N5O. The molecule has 0 unspecified atom stereocenters. The van der Waals surface area contributed by atoms with Crippen LogP contribution in [-0.2, 0) is 0 Å². The molecule has 0 radical (unpaired) electrons. The molecule has 0 bridgehead atoms. The van der Waals surface area contributed by atoms with Crippen molar-refractivity contribution in [2.45, 2.75) is 44.7 Å². The molecule has 0 aromatic carbocycles. The van der Waals surface area contributed by atoms with Gasteiger partial charge in [-0.05, 0) is 32.6 Å². The highest BCUT2D eigenvalue weighted by atomic mass is 16.2. The number of carbonyl (C=O) groups excluding carboxylic acids is 1. The standard InChI is InChI=1S/C15H21N5O/c1-2-19(12-5-3-11(16)4-6-12)15(21)13-9-18-20-8-7-17-10-14(13)20/h7-12H,2-6,16H2,1H3. The van der Waals surface area contributed by atoms with Crippen LogP contribution in [0.3, 0.4) is 0 Å². The second-order valence-corrected chi connectivity index (χ2v) is 5.62. The molecule has 1 saturated carbocycles. The van der Waals surface area contributed by atoms with Gasteiger partial charge in [0, 0.05) is 31.0 Å². The van der Waals surface area contributed by atoms with Crippen molar-refractivity contribution in [3.8, 4) is 0 Å². The number of amides is 1. The number of nitrogens with two attached hydrogens (primary N) is 1. The monoisotopic (exact) mass is 287 g/mol. The van der Waals surface area contributed by atoms with E-state index in [4.69, 9.17) is 5.73 Å². The van der Waals surface area contributed by atoms with Gasteiger partial charge in [-0.15, -0.1) is 0 Å². The van der Waals surface area contributed by atoms with E-state index < -0.39 is 0 Å². The van der Waals surface area contributed by atoms with Gasteiger partial charge in [-0.25, -0.2) is 4.52 Å². The minimum absolute atomic E-state index is 0.0426. The van der Waals surface area contributed by atoms with Gasteiger partial charge in [0.05, 0.1) is 23.5 Å². The summed E-state index contributed by atoms with van der Waals surface area (Å²) in [5, 5.41) is 4.22. The zero-order valence-corrected chi connectivity index (χ0v) is 12.3. The summed E-state index contributed by atoms with van der Waals surface area (Å²) in [7, 11) is 0. The SMILES string of the molecule is CCN(C(=O)c1cnn2ccncc12)C1CCC(N)CC1. The molecule has 0 atom stereocenters. The van der Waals surface area contributed by atoms with E-state index in [2.05, 4.69) is 10.1 Å². The van der Waals surface area contributed by atoms with Crippen molar-refractivity contribution in [2.24, 2.45) is 5.73 Å². The summed E-state index contributed by atoms with van der Waals surface area (Å²) in [4.78, 5) is 18.9. The number of hydrogen-bond acceptors (Lipinski definition) is 4.